The molecule has 0 aliphatic heterocycles. The molecule has 0 radical (unpaired) electrons. The van der Waals surface area contributed by atoms with E-state index in [2.05, 4.69) is 31.5 Å². The first-order valence-electron chi connectivity index (χ1n) is 9.68. The highest BCUT2D eigenvalue weighted by molar-refractivity contribution is 9.11. The van der Waals surface area contributed by atoms with Gasteiger partial charge in [-0.1, -0.05) is 59.9 Å². The molecule has 0 saturated carbocycles. The minimum atomic E-state index is -1.31. The topological polar surface area (TPSA) is 118 Å². The van der Waals surface area contributed by atoms with Crippen LogP contribution in [0.5, 0.6) is 0 Å². The van der Waals surface area contributed by atoms with E-state index in [4.69, 9.17) is 9.84 Å². The highest BCUT2D eigenvalue weighted by Gasteiger charge is 2.30. The number of aromatic nitrogens is 1. The minimum Gasteiger partial charge on any atom is -0.481 e. The summed E-state index contributed by atoms with van der Waals surface area (Å²) in [6.45, 7) is 0.0562. The Bertz CT molecular complexity index is 1140. The zero-order valence-electron chi connectivity index (χ0n) is 16.6. The van der Waals surface area contributed by atoms with Crippen LogP contribution in [-0.4, -0.2) is 40.7 Å². The number of nitrogens with zero attached hydrogens (tertiary/aromatic N) is 1. The summed E-state index contributed by atoms with van der Waals surface area (Å²) < 4.78 is 6.11. The number of nitrogens with one attached hydrogen (secondary N) is 2. The van der Waals surface area contributed by atoms with Crippen LogP contribution in [0.3, 0.4) is 0 Å². The van der Waals surface area contributed by atoms with Gasteiger partial charge in [0.25, 0.3) is 0 Å². The van der Waals surface area contributed by atoms with Crippen LogP contribution < -0.4 is 10.6 Å². The Kier molecular flexibility index (Phi) is 6.52. The van der Waals surface area contributed by atoms with Crippen LogP contribution in [0.1, 0.15) is 23.5 Å². The van der Waals surface area contributed by atoms with Crippen molar-refractivity contribution < 1.29 is 24.2 Å². The van der Waals surface area contributed by atoms with Gasteiger partial charge in [-0.15, -0.1) is 0 Å². The van der Waals surface area contributed by atoms with Crippen molar-refractivity contribution in [2.24, 2.45) is 0 Å². The van der Waals surface area contributed by atoms with E-state index in [0.29, 0.717) is 3.79 Å². The van der Waals surface area contributed by atoms with Crippen molar-refractivity contribution >= 4 is 50.4 Å². The first-order valence-corrected chi connectivity index (χ1v) is 11.3. The number of amides is 2. The molecular weight excluding hydrogens is 498 g/mol. The van der Waals surface area contributed by atoms with Gasteiger partial charge >= 0.3 is 12.1 Å². The molecule has 1 atom stereocenters. The fourth-order valence-electron chi connectivity index (χ4n) is 3.67. The lowest BCUT2D eigenvalue weighted by atomic mass is 9.98. The van der Waals surface area contributed by atoms with E-state index in [1.54, 1.807) is 0 Å². The summed E-state index contributed by atoms with van der Waals surface area (Å²) in [4.78, 5) is 40.1. The van der Waals surface area contributed by atoms with Crippen molar-refractivity contribution in [1.82, 2.24) is 10.3 Å². The predicted octanol–water partition coefficient (Wildman–Crippen LogP) is 4.23. The van der Waals surface area contributed by atoms with Crippen molar-refractivity contribution in [3.63, 3.8) is 0 Å². The molecule has 3 aromatic rings. The van der Waals surface area contributed by atoms with E-state index < -0.39 is 30.4 Å². The summed E-state index contributed by atoms with van der Waals surface area (Å²) in [5, 5.41) is 14.3. The monoisotopic (exact) mass is 515 g/mol. The molecule has 0 saturated heterocycles. The van der Waals surface area contributed by atoms with E-state index in [9.17, 15) is 14.4 Å². The number of benzene rings is 2. The molecule has 8 nitrogen and oxygen atoms in total. The van der Waals surface area contributed by atoms with E-state index in [1.807, 2.05) is 48.5 Å². The van der Waals surface area contributed by atoms with Crippen LogP contribution in [0.25, 0.3) is 11.1 Å². The Morgan fingerprint density at radius 1 is 1.09 bits per heavy atom. The Hall–Kier alpha value is -3.24. The second-order valence-electron chi connectivity index (χ2n) is 7.08. The molecule has 10 heteroatoms. The number of carboxylic acids is 1. The molecule has 0 bridgehead atoms. The van der Waals surface area contributed by atoms with Gasteiger partial charge in [0.15, 0.2) is 5.13 Å². The average Bonchev–Trinajstić information content (AvgIpc) is 3.32. The predicted molar refractivity (Wildman–Crippen MR) is 123 cm³/mol. The van der Waals surface area contributed by atoms with Crippen molar-refractivity contribution in [2.45, 2.75) is 18.4 Å². The SMILES string of the molecule is O=C(O)CC(NC(=O)OCC1c2ccccc2-c2ccccc21)C(=O)Nc1ncc(Br)s1. The van der Waals surface area contributed by atoms with Gasteiger partial charge in [-0.3, -0.25) is 9.59 Å². The standard InChI is InChI=1S/C22H18BrN3O5S/c23-18-10-24-21(32-18)26-20(29)17(9-19(27)28)25-22(30)31-11-16-14-7-3-1-5-12(14)13-6-2-4-8-15(13)16/h1-8,10,16-17H,9,11H2,(H,25,30)(H,27,28)(H,24,26,29). The molecule has 164 valence electrons. The number of aliphatic carboxylic acids is 1. The van der Waals surface area contributed by atoms with Gasteiger partial charge < -0.3 is 20.5 Å². The molecule has 2 amide bonds. The number of carbonyl (C=O) groups is 3. The summed E-state index contributed by atoms with van der Waals surface area (Å²) >= 11 is 4.40. The third-order valence-electron chi connectivity index (χ3n) is 5.04. The van der Waals surface area contributed by atoms with Gasteiger partial charge in [0.1, 0.15) is 12.6 Å². The zero-order valence-corrected chi connectivity index (χ0v) is 19.0. The average molecular weight is 516 g/mol. The Balaban J connectivity index is 1.42. The van der Waals surface area contributed by atoms with Gasteiger partial charge in [0.05, 0.1) is 16.4 Å². The molecule has 1 heterocycles. The Labute approximate surface area is 195 Å². The number of halogens is 1. The van der Waals surface area contributed by atoms with Gasteiger partial charge in [-0.2, -0.15) is 0 Å². The van der Waals surface area contributed by atoms with Crippen molar-refractivity contribution in [3.8, 4) is 11.1 Å². The third-order valence-corrected chi connectivity index (χ3v) is 6.43. The van der Waals surface area contributed by atoms with E-state index in [1.165, 1.54) is 17.5 Å². The maximum absolute atomic E-state index is 12.5. The summed E-state index contributed by atoms with van der Waals surface area (Å²) in [6.07, 6.45) is 0.0437. The minimum absolute atomic E-state index is 0.0562. The number of ether oxygens (including phenoxy) is 1. The second kappa shape index (κ2) is 9.49. The quantitative estimate of drug-likeness (QED) is 0.433. The van der Waals surface area contributed by atoms with Crippen LogP contribution in [0, 0.1) is 0 Å². The summed E-state index contributed by atoms with van der Waals surface area (Å²) in [5.41, 5.74) is 4.29. The first kappa shape index (κ1) is 22.0. The van der Waals surface area contributed by atoms with Crippen LogP contribution in [0.15, 0.2) is 58.5 Å². The van der Waals surface area contributed by atoms with Crippen LogP contribution >= 0.6 is 27.3 Å². The number of alkyl carbamates (subject to hydrolysis) is 1. The number of carboxylic acid groups (broad SMARTS) is 1. The number of hydrogen-bond acceptors (Lipinski definition) is 6. The maximum Gasteiger partial charge on any atom is 0.407 e. The van der Waals surface area contributed by atoms with Crippen molar-refractivity contribution in [1.29, 1.82) is 0 Å². The van der Waals surface area contributed by atoms with Gasteiger partial charge in [0.2, 0.25) is 5.91 Å². The van der Waals surface area contributed by atoms with E-state index >= 15 is 0 Å². The summed E-state index contributed by atoms with van der Waals surface area (Å²) in [6, 6.07) is 14.5. The normalized spacial score (nSPS) is 13.0. The first-order chi connectivity index (χ1) is 15.4. The Morgan fingerprint density at radius 2 is 1.72 bits per heavy atom. The van der Waals surface area contributed by atoms with Crippen LogP contribution in [0.2, 0.25) is 0 Å². The molecule has 1 aromatic heterocycles. The highest BCUT2D eigenvalue weighted by Crippen LogP contribution is 2.44. The molecule has 0 spiro atoms. The highest BCUT2D eigenvalue weighted by atomic mass is 79.9. The summed E-state index contributed by atoms with van der Waals surface area (Å²) in [7, 11) is 0. The molecule has 0 fully saturated rings. The molecule has 1 aliphatic carbocycles. The number of hydrogen-bond donors (Lipinski definition) is 3. The van der Waals surface area contributed by atoms with Crippen molar-refractivity contribution in [2.75, 3.05) is 11.9 Å². The zero-order chi connectivity index (χ0) is 22.7. The van der Waals surface area contributed by atoms with Crippen molar-refractivity contribution in [3.05, 3.63) is 69.6 Å². The maximum atomic E-state index is 12.5. The Morgan fingerprint density at radius 3 is 2.28 bits per heavy atom. The fourth-order valence-corrected chi connectivity index (χ4v) is 4.78. The molecule has 1 aliphatic rings. The van der Waals surface area contributed by atoms with E-state index in [0.717, 1.165) is 22.3 Å². The number of rotatable bonds is 7. The number of anilines is 1. The lowest BCUT2D eigenvalue weighted by Gasteiger charge is -2.18. The largest absolute Gasteiger partial charge is 0.481 e. The van der Waals surface area contributed by atoms with Gasteiger partial charge in [-0.25, -0.2) is 9.78 Å². The molecule has 2 aromatic carbocycles. The number of carbonyl (C=O) groups excluding carboxylic acids is 2. The third kappa shape index (κ3) is 4.81. The number of fused-ring (bicyclic) bond motifs is 3. The van der Waals surface area contributed by atoms with Crippen LogP contribution in [0.4, 0.5) is 9.93 Å². The smallest absolute Gasteiger partial charge is 0.407 e. The molecule has 32 heavy (non-hydrogen) atoms. The molecular formula is C22H18BrN3O5S. The molecule has 1 unspecified atom stereocenters. The lowest BCUT2D eigenvalue weighted by molar-refractivity contribution is -0.139. The van der Waals surface area contributed by atoms with E-state index in [-0.39, 0.29) is 17.7 Å². The van der Waals surface area contributed by atoms with Gasteiger partial charge in [-0.05, 0) is 38.2 Å². The second-order valence-corrected chi connectivity index (χ2v) is 9.49. The summed E-state index contributed by atoms with van der Waals surface area (Å²) in [5.74, 6) is -2.07. The molecule has 4 rings (SSSR count). The fraction of sp³-hybridized carbons (Fsp3) is 0.182. The van der Waals surface area contributed by atoms with Gasteiger partial charge in [0, 0.05) is 5.92 Å². The lowest BCUT2D eigenvalue weighted by Crippen LogP contribution is -2.45. The van der Waals surface area contributed by atoms with Crippen LogP contribution in [-0.2, 0) is 14.3 Å². The molecule has 3 N–H and O–H groups in total. The number of thiazole rings is 1.